The number of benzene rings is 1. The maximum Gasteiger partial charge on any atom is 0.305 e. The number of unbranched alkanes of at least 4 members (excludes halogenated alkanes) is 1. The van der Waals surface area contributed by atoms with Gasteiger partial charge in [-0.25, -0.2) is 8.42 Å². The van der Waals surface area contributed by atoms with E-state index in [-0.39, 0.29) is 5.97 Å². The summed E-state index contributed by atoms with van der Waals surface area (Å²) in [6.07, 6.45) is 2.53. The number of ether oxygens (including phenoxy) is 1. The Morgan fingerprint density at radius 3 is 2.39 bits per heavy atom. The zero-order valence-electron chi connectivity index (χ0n) is 13.8. The minimum atomic E-state index is -3.39. The summed E-state index contributed by atoms with van der Waals surface area (Å²) in [6.45, 7) is 4.06. The van der Waals surface area contributed by atoms with Crippen molar-refractivity contribution in [2.24, 2.45) is 0 Å². The van der Waals surface area contributed by atoms with Gasteiger partial charge in [-0.15, -0.1) is 11.6 Å². The average molecular weight is 361 g/mol. The van der Waals surface area contributed by atoms with Crippen LogP contribution in [0.1, 0.15) is 44.6 Å². The molecule has 0 fully saturated rings. The lowest BCUT2D eigenvalue weighted by Gasteiger charge is -2.17. The highest BCUT2D eigenvalue weighted by Crippen LogP contribution is 2.23. The van der Waals surface area contributed by atoms with Crippen molar-refractivity contribution in [3.05, 3.63) is 29.8 Å². The zero-order valence-corrected chi connectivity index (χ0v) is 15.3. The molecule has 0 radical (unpaired) electrons. The van der Waals surface area contributed by atoms with Gasteiger partial charge in [0.15, 0.2) is 9.84 Å². The van der Waals surface area contributed by atoms with Gasteiger partial charge in [0.05, 0.1) is 16.8 Å². The van der Waals surface area contributed by atoms with E-state index in [0.717, 1.165) is 5.56 Å². The number of hydrogen-bond donors (Lipinski definition) is 0. The number of sulfone groups is 1. The summed E-state index contributed by atoms with van der Waals surface area (Å²) < 4.78 is 30.3. The number of alkyl halides is 1. The van der Waals surface area contributed by atoms with E-state index in [4.69, 9.17) is 16.3 Å². The Morgan fingerprint density at radius 1 is 1.17 bits per heavy atom. The number of carbonyl (C=O) groups is 1. The molecule has 0 aromatic heterocycles. The highest BCUT2D eigenvalue weighted by Gasteiger charge is 2.26. The molecule has 1 rings (SSSR count). The molecule has 0 heterocycles. The summed E-state index contributed by atoms with van der Waals surface area (Å²) in [6, 6.07) is 6.88. The van der Waals surface area contributed by atoms with Crippen LogP contribution >= 0.6 is 11.6 Å². The van der Waals surface area contributed by atoms with Gasteiger partial charge in [0.1, 0.15) is 0 Å². The van der Waals surface area contributed by atoms with E-state index < -0.39 is 15.1 Å². The van der Waals surface area contributed by atoms with E-state index in [2.05, 4.69) is 0 Å². The zero-order chi connectivity index (χ0) is 17.3. The van der Waals surface area contributed by atoms with Crippen LogP contribution in [0.5, 0.6) is 0 Å². The number of hydrogen-bond acceptors (Lipinski definition) is 4. The van der Waals surface area contributed by atoms with E-state index in [1.165, 1.54) is 0 Å². The smallest absolute Gasteiger partial charge is 0.305 e. The normalized spacial score (nSPS) is 12.8. The fourth-order valence-electron chi connectivity index (χ4n) is 2.37. The quantitative estimate of drug-likeness (QED) is 0.361. The first kappa shape index (κ1) is 20.0. The van der Waals surface area contributed by atoms with Crippen LogP contribution in [0.15, 0.2) is 29.2 Å². The molecule has 0 N–H and O–H groups in total. The third kappa shape index (κ3) is 6.51. The van der Waals surface area contributed by atoms with Crippen molar-refractivity contribution < 1.29 is 17.9 Å². The summed E-state index contributed by atoms with van der Waals surface area (Å²) in [7, 11) is -3.39. The van der Waals surface area contributed by atoms with Crippen molar-refractivity contribution in [2.45, 2.75) is 56.1 Å². The first-order valence-electron chi connectivity index (χ1n) is 7.94. The Labute approximate surface area is 144 Å². The van der Waals surface area contributed by atoms with Gasteiger partial charge in [0.2, 0.25) is 0 Å². The topological polar surface area (TPSA) is 60.4 Å². The Bertz CT molecular complexity index is 581. The molecule has 0 spiro atoms. The number of carbonyl (C=O) groups excluding carboxylic acids is 1. The van der Waals surface area contributed by atoms with Crippen LogP contribution < -0.4 is 0 Å². The van der Waals surface area contributed by atoms with Crippen molar-refractivity contribution in [1.29, 1.82) is 0 Å². The third-order valence-electron chi connectivity index (χ3n) is 3.68. The SMILES string of the molecule is CCOC(=O)CCCCC(CCCl)S(=O)(=O)c1ccc(C)cc1. The van der Waals surface area contributed by atoms with Crippen molar-refractivity contribution in [3.63, 3.8) is 0 Å². The van der Waals surface area contributed by atoms with Gasteiger partial charge in [0, 0.05) is 12.3 Å². The van der Waals surface area contributed by atoms with Crippen LogP contribution in [0.3, 0.4) is 0 Å². The molecule has 0 saturated carbocycles. The summed E-state index contributed by atoms with van der Waals surface area (Å²) in [5.74, 6) is 0.0657. The molecule has 1 atom stereocenters. The molecular formula is C17H25ClO4S. The van der Waals surface area contributed by atoms with Gasteiger partial charge < -0.3 is 4.74 Å². The van der Waals surface area contributed by atoms with Gasteiger partial charge in [-0.1, -0.05) is 24.1 Å². The molecule has 23 heavy (non-hydrogen) atoms. The van der Waals surface area contributed by atoms with Gasteiger partial charge in [-0.3, -0.25) is 4.79 Å². The van der Waals surface area contributed by atoms with Gasteiger partial charge in [-0.2, -0.15) is 0 Å². The summed E-state index contributed by atoms with van der Waals surface area (Å²) in [4.78, 5) is 11.6. The van der Waals surface area contributed by atoms with Crippen molar-refractivity contribution in [1.82, 2.24) is 0 Å². The van der Waals surface area contributed by atoms with Crippen LogP contribution in [-0.2, 0) is 19.4 Å². The predicted octanol–water partition coefficient (Wildman–Crippen LogP) is 3.89. The van der Waals surface area contributed by atoms with Crippen LogP contribution in [-0.4, -0.2) is 32.1 Å². The highest BCUT2D eigenvalue weighted by atomic mass is 35.5. The largest absolute Gasteiger partial charge is 0.466 e. The maximum atomic E-state index is 12.7. The monoisotopic (exact) mass is 360 g/mol. The number of rotatable bonds is 10. The Balaban J connectivity index is 2.66. The second kappa shape index (κ2) is 9.93. The minimum Gasteiger partial charge on any atom is -0.466 e. The molecule has 0 aliphatic carbocycles. The molecule has 130 valence electrons. The standard InChI is InChI=1S/C17H25ClO4S/c1-3-22-17(19)7-5-4-6-15(12-13-18)23(20,21)16-10-8-14(2)9-11-16/h8-11,15H,3-7,12-13H2,1-2H3. The Morgan fingerprint density at radius 2 is 1.83 bits per heavy atom. The van der Waals surface area contributed by atoms with Crippen molar-refractivity contribution in [3.8, 4) is 0 Å². The molecule has 1 aromatic rings. The number of aryl methyl sites for hydroxylation is 1. The molecule has 4 nitrogen and oxygen atoms in total. The molecule has 0 aliphatic heterocycles. The number of halogens is 1. The van der Waals surface area contributed by atoms with Gasteiger partial charge in [-0.05, 0) is 45.2 Å². The maximum absolute atomic E-state index is 12.7. The lowest BCUT2D eigenvalue weighted by atomic mass is 10.1. The van der Waals surface area contributed by atoms with Crippen LogP contribution in [0.4, 0.5) is 0 Å². The summed E-state index contributed by atoms with van der Waals surface area (Å²) in [5, 5.41) is -0.509. The second-order valence-electron chi connectivity index (χ2n) is 5.51. The van der Waals surface area contributed by atoms with Gasteiger partial charge in [0.25, 0.3) is 0 Å². The molecule has 6 heteroatoms. The van der Waals surface area contributed by atoms with Crippen molar-refractivity contribution in [2.75, 3.05) is 12.5 Å². The number of esters is 1. The van der Waals surface area contributed by atoms with E-state index in [0.29, 0.717) is 49.5 Å². The molecule has 0 saturated heterocycles. The first-order chi connectivity index (χ1) is 10.9. The lowest BCUT2D eigenvalue weighted by molar-refractivity contribution is -0.143. The average Bonchev–Trinajstić information content (AvgIpc) is 2.51. The van der Waals surface area contributed by atoms with Gasteiger partial charge >= 0.3 is 5.97 Å². The van der Waals surface area contributed by atoms with Crippen molar-refractivity contribution >= 4 is 27.4 Å². The summed E-state index contributed by atoms with van der Waals surface area (Å²) >= 11 is 5.78. The Kier molecular flexibility index (Phi) is 8.63. The Hall–Kier alpha value is -1.07. The molecular weight excluding hydrogens is 336 g/mol. The van der Waals surface area contributed by atoms with Crippen LogP contribution in [0.25, 0.3) is 0 Å². The van der Waals surface area contributed by atoms with E-state index in [1.54, 1.807) is 31.2 Å². The predicted molar refractivity (Wildman–Crippen MR) is 92.6 cm³/mol. The first-order valence-corrected chi connectivity index (χ1v) is 10.0. The van der Waals surface area contributed by atoms with Crippen LogP contribution in [0.2, 0.25) is 0 Å². The third-order valence-corrected chi connectivity index (χ3v) is 6.18. The fraction of sp³-hybridized carbons (Fsp3) is 0.588. The molecule has 1 unspecified atom stereocenters. The van der Waals surface area contributed by atoms with E-state index >= 15 is 0 Å². The molecule has 0 bridgehead atoms. The summed E-state index contributed by atoms with van der Waals surface area (Å²) in [5.41, 5.74) is 1.02. The molecule has 0 amide bonds. The van der Waals surface area contributed by atoms with E-state index in [1.807, 2.05) is 6.92 Å². The highest BCUT2D eigenvalue weighted by molar-refractivity contribution is 7.92. The lowest BCUT2D eigenvalue weighted by Crippen LogP contribution is -2.22. The minimum absolute atomic E-state index is 0.234. The molecule has 1 aromatic carbocycles. The fourth-order valence-corrected chi connectivity index (χ4v) is 4.57. The van der Waals surface area contributed by atoms with E-state index in [9.17, 15) is 13.2 Å². The molecule has 0 aliphatic rings. The van der Waals surface area contributed by atoms with Crippen LogP contribution in [0, 0.1) is 6.92 Å². The second-order valence-corrected chi connectivity index (χ2v) is 8.11.